The van der Waals surface area contributed by atoms with E-state index in [4.69, 9.17) is 5.73 Å². The van der Waals surface area contributed by atoms with Crippen LogP contribution >= 0.6 is 15.9 Å². The zero-order chi connectivity index (χ0) is 14.3. The highest BCUT2D eigenvalue weighted by Crippen LogP contribution is 2.26. The molecule has 0 aromatic heterocycles. The molecule has 1 aromatic carbocycles. The minimum Gasteiger partial charge on any atom is -0.398 e. The number of rotatable bonds is 3. The number of aryl methyl sites for hydroxylation is 1. The van der Waals surface area contributed by atoms with Gasteiger partial charge in [-0.15, -0.1) is 0 Å². The molecule has 19 heavy (non-hydrogen) atoms. The van der Waals surface area contributed by atoms with E-state index in [0.717, 1.165) is 16.7 Å². The number of hydrogen-bond acceptors (Lipinski definition) is 2. The van der Waals surface area contributed by atoms with Gasteiger partial charge in [0.05, 0.1) is 5.69 Å². The summed E-state index contributed by atoms with van der Waals surface area (Å²) in [6, 6.07) is 4.93. The quantitative estimate of drug-likeness (QED) is 0.784. The molecule has 1 aliphatic rings. The summed E-state index contributed by atoms with van der Waals surface area (Å²) < 4.78 is 1.01. The molecule has 0 amide bonds. The number of hydrogen-bond donors (Lipinski definition) is 2. The molecular formula is C16H27BrN2. The van der Waals surface area contributed by atoms with E-state index in [1.807, 2.05) is 13.8 Å². The van der Waals surface area contributed by atoms with E-state index < -0.39 is 0 Å². The lowest BCUT2D eigenvalue weighted by Crippen LogP contribution is -2.30. The molecule has 0 aliphatic heterocycles. The molecule has 0 unspecified atom stereocenters. The molecule has 0 bridgehead atoms. The molecule has 0 saturated heterocycles. The minimum atomic E-state index is 0.683. The highest BCUT2D eigenvalue weighted by atomic mass is 79.9. The average molecular weight is 327 g/mol. The molecule has 0 atom stereocenters. The van der Waals surface area contributed by atoms with E-state index in [0.29, 0.717) is 6.04 Å². The zero-order valence-corrected chi connectivity index (χ0v) is 14.0. The van der Waals surface area contributed by atoms with Gasteiger partial charge in [0.25, 0.3) is 0 Å². The number of anilines is 1. The normalized spacial score (nSPS) is 15.8. The van der Waals surface area contributed by atoms with Crippen molar-refractivity contribution in [2.45, 2.75) is 65.5 Å². The first-order valence-electron chi connectivity index (χ1n) is 7.44. The predicted molar refractivity (Wildman–Crippen MR) is 88.4 cm³/mol. The van der Waals surface area contributed by atoms with Crippen LogP contribution in [0, 0.1) is 6.92 Å². The third kappa shape index (κ3) is 5.15. The van der Waals surface area contributed by atoms with Crippen molar-refractivity contribution in [3.8, 4) is 0 Å². The van der Waals surface area contributed by atoms with Crippen molar-refractivity contribution in [2.24, 2.45) is 0 Å². The summed E-state index contributed by atoms with van der Waals surface area (Å²) in [6.45, 7) is 6.99. The third-order valence-electron chi connectivity index (χ3n) is 3.55. The number of nitrogen functional groups attached to an aromatic ring is 1. The lowest BCUT2D eigenvalue weighted by atomic mass is 9.95. The largest absolute Gasteiger partial charge is 0.398 e. The van der Waals surface area contributed by atoms with Gasteiger partial charge in [-0.25, -0.2) is 0 Å². The van der Waals surface area contributed by atoms with Crippen molar-refractivity contribution in [1.29, 1.82) is 0 Å². The first kappa shape index (κ1) is 16.5. The molecule has 3 heteroatoms. The SMILES string of the molecule is CC.Cc1cc(Br)c(N)c(CNC2CCCCC2)c1. The molecule has 3 N–H and O–H groups in total. The van der Waals surface area contributed by atoms with E-state index in [2.05, 4.69) is 40.3 Å². The van der Waals surface area contributed by atoms with Gasteiger partial charge in [-0.3, -0.25) is 0 Å². The van der Waals surface area contributed by atoms with E-state index in [1.54, 1.807) is 0 Å². The number of nitrogens with one attached hydrogen (secondary N) is 1. The molecule has 2 nitrogen and oxygen atoms in total. The van der Waals surface area contributed by atoms with Crippen LogP contribution in [0.15, 0.2) is 16.6 Å². The Morgan fingerprint density at radius 1 is 1.21 bits per heavy atom. The topological polar surface area (TPSA) is 38.0 Å². The summed E-state index contributed by atoms with van der Waals surface area (Å²) in [5, 5.41) is 3.63. The standard InChI is InChI=1S/C14H21BrN2.C2H6/c1-10-7-11(14(16)13(15)8-10)9-17-12-5-3-2-4-6-12;1-2/h7-8,12,17H,2-6,9,16H2,1H3;1-2H3. The molecule has 1 fully saturated rings. The molecule has 108 valence electrons. The monoisotopic (exact) mass is 326 g/mol. The fourth-order valence-corrected chi connectivity index (χ4v) is 3.15. The van der Waals surface area contributed by atoms with Gasteiger partial charge < -0.3 is 11.1 Å². The summed E-state index contributed by atoms with van der Waals surface area (Å²) in [5.74, 6) is 0. The Balaban J connectivity index is 0.000000861. The first-order valence-corrected chi connectivity index (χ1v) is 8.24. The maximum atomic E-state index is 6.08. The lowest BCUT2D eigenvalue weighted by Gasteiger charge is -2.23. The second-order valence-corrected chi connectivity index (χ2v) is 5.89. The van der Waals surface area contributed by atoms with Gasteiger partial charge in [0, 0.05) is 17.1 Å². The van der Waals surface area contributed by atoms with Crippen molar-refractivity contribution in [2.75, 3.05) is 5.73 Å². The van der Waals surface area contributed by atoms with Crippen molar-refractivity contribution in [1.82, 2.24) is 5.32 Å². The van der Waals surface area contributed by atoms with E-state index in [-0.39, 0.29) is 0 Å². The zero-order valence-electron chi connectivity index (χ0n) is 12.4. The average Bonchev–Trinajstić information content (AvgIpc) is 2.44. The van der Waals surface area contributed by atoms with Crippen molar-refractivity contribution in [3.63, 3.8) is 0 Å². The summed E-state index contributed by atoms with van der Waals surface area (Å²) >= 11 is 3.51. The van der Waals surface area contributed by atoms with Crippen LogP contribution in [-0.4, -0.2) is 6.04 Å². The molecule has 0 spiro atoms. The number of halogens is 1. The second kappa shape index (κ2) is 8.60. The van der Waals surface area contributed by atoms with Gasteiger partial charge in [0.15, 0.2) is 0 Å². The van der Waals surface area contributed by atoms with Crippen molar-refractivity contribution < 1.29 is 0 Å². The van der Waals surface area contributed by atoms with Crippen molar-refractivity contribution >= 4 is 21.6 Å². The maximum Gasteiger partial charge on any atom is 0.0504 e. The minimum absolute atomic E-state index is 0.683. The number of benzene rings is 1. The fraction of sp³-hybridized carbons (Fsp3) is 0.625. The van der Waals surface area contributed by atoms with Crippen molar-refractivity contribution in [3.05, 3.63) is 27.7 Å². The summed E-state index contributed by atoms with van der Waals surface area (Å²) in [5.41, 5.74) is 9.42. The molecule has 0 radical (unpaired) electrons. The summed E-state index contributed by atoms with van der Waals surface area (Å²) in [4.78, 5) is 0. The lowest BCUT2D eigenvalue weighted by molar-refractivity contribution is 0.372. The van der Waals surface area contributed by atoms with Crippen LogP contribution in [0.1, 0.15) is 57.1 Å². The van der Waals surface area contributed by atoms with E-state index in [1.165, 1.54) is 43.2 Å². The Morgan fingerprint density at radius 2 is 1.84 bits per heavy atom. The molecule has 2 rings (SSSR count). The highest BCUT2D eigenvalue weighted by molar-refractivity contribution is 9.10. The highest BCUT2D eigenvalue weighted by Gasteiger charge is 2.13. The van der Waals surface area contributed by atoms with Crippen LogP contribution in [0.5, 0.6) is 0 Å². The van der Waals surface area contributed by atoms with Gasteiger partial charge in [0.2, 0.25) is 0 Å². The second-order valence-electron chi connectivity index (χ2n) is 5.04. The maximum absolute atomic E-state index is 6.08. The fourth-order valence-electron chi connectivity index (χ4n) is 2.53. The molecule has 1 saturated carbocycles. The predicted octanol–water partition coefficient (Wildman–Crippen LogP) is 4.79. The van der Waals surface area contributed by atoms with Gasteiger partial charge in [-0.2, -0.15) is 0 Å². The van der Waals surface area contributed by atoms with E-state index >= 15 is 0 Å². The summed E-state index contributed by atoms with van der Waals surface area (Å²) in [6.07, 6.45) is 6.76. The molecule has 1 aliphatic carbocycles. The Hall–Kier alpha value is -0.540. The van der Waals surface area contributed by atoms with Gasteiger partial charge >= 0.3 is 0 Å². The third-order valence-corrected chi connectivity index (χ3v) is 4.20. The Kier molecular flexibility index (Phi) is 7.47. The summed E-state index contributed by atoms with van der Waals surface area (Å²) in [7, 11) is 0. The van der Waals surface area contributed by atoms with Crippen LogP contribution in [0.2, 0.25) is 0 Å². The van der Waals surface area contributed by atoms with Crippen LogP contribution in [-0.2, 0) is 6.54 Å². The Labute approximate surface area is 126 Å². The molecular weight excluding hydrogens is 300 g/mol. The Bertz CT molecular complexity index is 385. The van der Waals surface area contributed by atoms with Gasteiger partial charge in [0.1, 0.15) is 0 Å². The van der Waals surface area contributed by atoms with Crippen LogP contribution in [0.3, 0.4) is 0 Å². The first-order chi connectivity index (χ1) is 9.16. The van der Waals surface area contributed by atoms with Gasteiger partial charge in [-0.05, 0) is 52.9 Å². The molecule has 0 heterocycles. The smallest absolute Gasteiger partial charge is 0.0504 e. The molecule has 1 aromatic rings. The van der Waals surface area contributed by atoms with Crippen LogP contribution < -0.4 is 11.1 Å². The van der Waals surface area contributed by atoms with E-state index in [9.17, 15) is 0 Å². The van der Waals surface area contributed by atoms with Gasteiger partial charge in [-0.1, -0.05) is 39.2 Å². The van der Waals surface area contributed by atoms with Crippen LogP contribution in [0.4, 0.5) is 5.69 Å². The van der Waals surface area contributed by atoms with Crippen LogP contribution in [0.25, 0.3) is 0 Å². The Morgan fingerprint density at radius 3 is 2.47 bits per heavy atom. The number of nitrogens with two attached hydrogens (primary N) is 1.